The summed E-state index contributed by atoms with van der Waals surface area (Å²) in [6.45, 7) is 1.93. The van der Waals surface area contributed by atoms with Crippen LogP contribution >= 0.6 is 11.6 Å². The Balaban J connectivity index is 3.17. The van der Waals surface area contributed by atoms with Crippen molar-refractivity contribution >= 4 is 17.7 Å². The summed E-state index contributed by atoms with van der Waals surface area (Å²) >= 11 is 5.81. The van der Waals surface area contributed by atoms with E-state index >= 15 is 0 Å². The summed E-state index contributed by atoms with van der Waals surface area (Å²) in [5.74, 6) is 0.128. The molecule has 0 aromatic heterocycles. The van der Waals surface area contributed by atoms with Gasteiger partial charge in [-0.15, -0.1) is 0 Å². The Morgan fingerprint density at radius 3 is 2.86 bits per heavy atom. The number of hydrogen-bond donors (Lipinski definition) is 1. The zero-order chi connectivity index (χ0) is 10.6. The molecule has 0 unspecified atom stereocenters. The second-order valence-electron chi connectivity index (χ2n) is 2.83. The lowest BCUT2D eigenvalue weighted by Crippen LogP contribution is -1.84. The molecule has 0 fully saturated rings. The van der Waals surface area contributed by atoms with Gasteiger partial charge in [-0.3, -0.25) is 0 Å². The maximum atomic E-state index is 9.53. The Kier molecular flexibility index (Phi) is 3.55. The smallest absolute Gasteiger partial charge is 0.137 e. The summed E-state index contributed by atoms with van der Waals surface area (Å²) in [7, 11) is 0. The summed E-state index contributed by atoms with van der Waals surface area (Å²) in [6, 6.07) is 5.34. The Morgan fingerprint density at radius 1 is 1.57 bits per heavy atom. The van der Waals surface area contributed by atoms with E-state index in [4.69, 9.17) is 16.9 Å². The van der Waals surface area contributed by atoms with Crippen molar-refractivity contribution < 1.29 is 5.11 Å². The highest BCUT2D eigenvalue weighted by Gasteiger charge is 2.05. The van der Waals surface area contributed by atoms with E-state index < -0.39 is 0 Å². The maximum Gasteiger partial charge on any atom is 0.137 e. The predicted octanol–water partition coefficient (Wildman–Crippen LogP) is 3.14. The fraction of sp³-hybridized carbons (Fsp3) is 0.182. The van der Waals surface area contributed by atoms with Crippen molar-refractivity contribution in [1.82, 2.24) is 0 Å². The largest absolute Gasteiger partial charge is 0.506 e. The van der Waals surface area contributed by atoms with Gasteiger partial charge in [0, 0.05) is 6.08 Å². The fourth-order valence-corrected chi connectivity index (χ4v) is 1.43. The van der Waals surface area contributed by atoms with Crippen molar-refractivity contribution in [2.45, 2.75) is 13.3 Å². The van der Waals surface area contributed by atoms with Crippen LogP contribution in [0.25, 0.3) is 6.08 Å². The molecule has 0 aliphatic rings. The lowest BCUT2D eigenvalue weighted by atomic mass is 10.1. The first-order chi connectivity index (χ1) is 6.69. The number of benzene rings is 1. The molecule has 0 saturated carbocycles. The summed E-state index contributed by atoms with van der Waals surface area (Å²) in [6.07, 6.45) is 3.74. The molecule has 1 aromatic rings. The van der Waals surface area contributed by atoms with Crippen LogP contribution in [-0.4, -0.2) is 5.11 Å². The van der Waals surface area contributed by atoms with Crippen LogP contribution in [0.1, 0.15) is 18.1 Å². The van der Waals surface area contributed by atoms with E-state index in [0.717, 1.165) is 11.1 Å². The molecule has 1 aromatic carbocycles. The highest BCUT2D eigenvalue weighted by molar-refractivity contribution is 6.32. The second kappa shape index (κ2) is 4.69. The van der Waals surface area contributed by atoms with E-state index in [1.807, 2.05) is 19.1 Å². The molecule has 0 bridgehead atoms. The van der Waals surface area contributed by atoms with E-state index in [0.29, 0.717) is 11.4 Å². The molecular weight excluding hydrogens is 198 g/mol. The number of hydrogen-bond acceptors (Lipinski definition) is 2. The number of nitrogens with zero attached hydrogens (tertiary/aromatic N) is 1. The van der Waals surface area contributed by atoms with Gasteiger partial charge >= 0.3 is 0 Å². The van der Waals surface area contributed by atoms with Crippen molar-refractivity contribution in [2.75, 3.05) is 0 Å². The molecule has 0 radical (unpaired) electrons. The summed E-state index contributed by atoms with van der Waals surface area (Å²) in [5, 5.41) is 18.2. The predicted molar refractivity (Wildman–Crippen MR) is 57.1 cm³/mol. The van der Waals surface area contributed by atoms with Gasteiger partial charge in [0.05, 0.1) is 11.1 Å². The number of rotatable bonds is 2. The molecule has 0 spiro atoms. The minimum absolute atomic E-state index is 0.128. The zero-order valence-corrected chi connectivity index (χ0v) is 8.54. The molecule has 3 heteroatoms. The third-order valence-corrected chi connectivity index (χ3v) is 2.18. The Morgan fingerprint density at radius 2 is 2.29 bits per heavy atom. The number of allylic oxidation sites excluding steroid dienone is 1. The molecule has 0 aliphatic carbocycles. The van der Waals surface area contributed by atoms with Crippen LogP contribution in [0, 0.1) is 11.3 Å². The van der Waals surface area contributed by atoms with Gasteiger partial charge in [0.1, 0.15) is 5.75 Å². The number of nitriles is 1. The van der Waals surface area contributed by atoms with Crippen molar-refractivity contribution in [3.63, 3.8) is 0 Å². The Labute approximate surface area is 88.1 Å². The van der Waals surface area contributed by atoms with Crippen LogP contribution < -0.4 is 0 Å². The molecule has 0 saturated heterocycles. The van der Waals surface area contributed by atoms with E-state index in [-0.39, 0.29) is 5.75 Å². The van der Waals surface area contributed by atoms with Crippen LogP contribution in [0.3, 0.4) is 0 Å². The number of phenolic OH excluding ortho intramolecular Hbond substituents is 1. The van der Waals surface area contributed by atoms with Crippen LogP contribution in [0.4, 0.5) is 0 Å². The number of aromatic hydroxyl groups is 1. The van der Waals surface area contributed by atoms with Crippen LogP contribution in [0.15, 0.2) is 18.2 Å². The molecule has 14 heavy (non-hydrogen) atoms. The van der Waals surface area contributed by atoms with Crippen molar-refractivity contribution in [3.8, 4) is 11.8 Å². The third-order valence-electron chi connectivity index (χ3n) is 1.90. The maximum absolute atomic E-state index is 9.53. The van der Waals surface area contributed by atoms with Crippen molar-refractivity contribution in [3.05, 3.63) is 34.4 Å². The highest BCUT2D eigenvalue weighted by atomic mass is 35.5. The van der Waals surface area contributed by atoms with Gasteiger partial charge < -0.3 is 5.11 Å². The van der Waals surface area contributed by atoms with Gasteiger partial charge in [-0.2, -0.15) is 5.26 Å². The first-order valence-corrected chi connectivity index (χ1v) is 4.64. The summed E-state index contributed by atoms with van der Waals surface area (Å²) in [5.41, 5.74) is 1.61. The monoisotopic (exact) mass is 207 g/mol. The number of phenols is 1. The minimum atomic E-state index is 0.128. The lowest BCUT2D eigenvalue weighted by Gasteiger charge is -2.05. The van der Waals surface area contributed by atoms with Crippen molar-refractivity contribution in [2.24, 2.45) is 0 Å². The molecule has 1 rings (SSSR count). The topological polar surface area (TPSA) is 44.0 Å². The molecule has 0 amide bonds. The third kappa shape index (κ3) is 2.27. The lowest BCUT2D eigenvalue weighted by molar-refractivity contribution is 0.469. The number of halogens is 1. The van der Waals surface area contributed by atoms with Crippen LogP contribution in [0.2, 0.25) is 5.02 Å². The van der Waals surface area contributed by atoms with E-state index in [1.165, 1.54) is 6.08 Å². The van der Waals surface area contributed by atoms with E-state index in [1.54, 1.807) is 12.1 Å². The Bertz CT molecular complexity index is 404. The standard InChI is InChI=1S/C11H10ClNO/c1-2-9-6-8(4-3-5-13)7-10(12)11(9)14/h3-4,6-7,14H,2H2,1H3/b4-3+. The highest BCUT2D eigenvalue weighted by Crippen LogP contribution is 2.29. The molecule has 0 atom stereocenters. The van der Waals surface area contributed by atoms with Gasteiger partial charge in [-0.25, -0.2) is 0 Å². The SMILES string of the molecule is CCc1cc(/C=C/C#N)cc(Cl)c1O. The normalized spacial score (nSPS) is 10.4. The molecule has 72 valence electrons. The van der Waals surface area contributed by atoms with Gasteiger partial charge in [0.2, 0.25) is 0 Å². The average molecular weight is 208 g/mol. The Hall–Kier alpha value is -1.46. The van der Waals surface area contributed by atoms with Crippen LogP contribution in [0.5, 0.6) is 5.75 Å². The van der Waals surface area contributed by atoms with Crippen LogP contribution in [-0.2, 0) is 6.42 Å². The molecule has 1 N–H and O–H groups in total. The minimum Gasteiger partial charge on any atom is -0.506 e. The first-order valence-electron chi connectivity index (χ1n) is 4.26. The fourth-order valence-electron chi connectivity index (χ4n) is 1.18. The van der Waals surface area contributed by atoms with E-state index in [9.17, 15) is 5.11 Å². The molecular formula is C11H10ClNO. The zero-order valence-electron chi connectivity index (χ0n) is 7.79. The van der Waals surface area contributed by atoms with Gasteiger partial charge in [0.25, 0.3) is 0 Å². The average Bonchev–Trinajstić information content (AvgIpc) is 2.19. The van der Waals surface area contributed by atoms with Gasteiger partial charge in [0.15, 0.2) is 0 Å². The first kappa shape index (κ1) is 10.6. The molecule has 2 nitrogen and oxygen atoms in total. The summed E-state index contributed by atoms with van der Waals surface area (Å²) < 4.78 is 0. The molecule has 0 aliphatic heterocycles. The van der Waals surface area contributed by atoms with Crippen molar-refractivity contribution in [1.29, 1.82) is 5.26 Å². The quantitative estimate of drug-likeness (QED) is 0.758. The number of aryl methyl sites for hydroxylation is 1. The van der Waals surface area contributed by atoms with E-state index in [2.05, 4.69) is 0 Å². The second-order valence-corrected chi connectivity index (χ2v) is 3.23. The van der Waals surface area contributed by atoms with Gasteiger partial charge in [-0.05, 0) is 35.8 Å². The van der Waals surface area contributed by atoms with Gasteiger partial charge in [-0.1, -0.05) is 18.5 Å². The molecule has 0 heterocycles. The summed E-state index contributed by atoms with van der Waals surface area (Å²) in [4.78, 5) is 0.